The highest BCUT2D eigenvalue weighted by molar-refractivity contribution is 6.76. The van der Waals surface area contributed by atoms with Crippen LogP contribution in [0.5, 0.6) is 0 Å². The number of anilines is 1. The third-order valence-electron chi connectivity index (χ3n) is 6.63. The number of carbonyl (C=O) groups is 1. The number of nitrogens with zero attached hydrogens (tertiary/aromatic N) is 5. The van der Waals surface area contributed by atoms with Crippen LogP contribution >= 0.6 is 0 Å². The summed E-state index contributed by atoms with van der Waals surface area (Å²) >= 11 is 0. The zero-order valence-electron chi connectivity index (χ0n) is 19.5. The van der Waals surface area contributed by atoms with Gasteiger partial charge in [-0.15, -0.1) is 0 Å². The molecule has 1 saturated carbocycles. The van der Waals surface area contributed by atoms with Crippen molar-refractivity contribution in [2.75, 3.05) is 24.7 Å². The van der Waals surface area contributed by atoms with Crippen LogP contribution in [0.15, 0.2) is 18.5 Å². The maximum Gasteiger partial charge on any atom is 0.259 e. The molecule has 0 atom stereocenters. The van der Waals surface area contributed by atoms with Gasteiger partial charge in [0, 0.05) is 38.5 Å². The van der Waals surface area contributed by atoms with Gasteiger partial charge in [-0.2, -0.15) is 5.26 Å². The maximum atomic E-state index is 13.1. The lowest BCUT2D eigenvalue weighted by Crippen LogP contribution is -2.51. The Morgan fingerprint density at radius 2 is 2.03 bits per heavy atom. The van der Waals surface area contributed by atoms with Crippen molar-refractivity contribution in [3.8, 4) is 6.07 Å². The molecule has 1 aliphatic heterocycles. The summed E-state index contributed by atoms with van der Waals surface area (Å²) in [5, 5.41) is 10.2. The van der Waals surface area contributed by atoms with Gasteiger partial charge in [-0.1, -0.05) is 26.6 Å². The second-order valence-corrected chi connectivity index (χ2v) is 16.0. The highest BCUT2D eigenvalue weighted by atomic mass is 28.3. The van der Waals surface area contributed by atoms with Crippen molar-refractivity contribution in [3.05, 3.63) is 30.9 Å². The van der Waals surface area contributed by atoms with E-state index in [1.807, 2.05) is 10.8 Å². The molecule has 2 aromatic rings. The molecule has 4 rings (SSSR count). The van der Waals surface area contributed by atoms with Crippen LogP contribution in [-0.4, -0.2) is 54.3 Å². The van der Waals surface area contributed by atoms with E-state index in [4.69, 9.17) is 4.74 Å². The highest BCUT2D eigenvalue weighted by Crippen LogP contribution is 2.39. The molecule has 32 heavy (non-hydrogen) atoms. The van der Waals surface area contributed by atoms with Crippen molar-refractivity contribution in [1.29, 1.82) is 5.26 Å². The number of amides is 1. The Balaban J connectivity index is 1.65. The number of aromatic nitrogens is 2. The van der Waals surface area contributed by atoms with Crippen molar-refractivity contribution in [2.45, 2.75) is 64.1 Å². The van der Waals surface area contributed by atoms with Crippen LogP contribution in [0.2, 0.25) is 25.7 Å². The SMILES string of the molecule is [CH2][C@H]1CC[C@H](N2CN(CC#N)C(=O)c3cnc4c(ccn4COCC[Si](C)(C)C)c32)CC1. The fraction of sp³-hybridized carbons (Fsp3) is 0.583. The Bertz CT molecular complexity index is 1010. The molecule has 2 aromatic heterocycles. The smallest absolute Gasteiger partial charge is 0.259 e. The molecule has 0 saturated heterocycles. The predicted octanol–water partition coefficient (Wildman–Crippen LogP) is 4.48. The third-order valence-corrected chi connectivity index (χ3v) is 8.34. The molecule has 1 amide bonds. The van der Waals surface area contributed by atoms with Gasteiger partial charge in [0.15, 0.2) is 0 Å². The quantitative estimate of drug-likeness (QED) is 0.352. The molecule has 1 fully saturated rings. The lowest BCUT2D eigenvalue weighted by Gasteiger charge is -2.44. The fourth-order valence-corrected chi connectivity index (χ4v) is 5.44. The van der Waals surface area contributed by atoms with Gasteiger partial charge in [-0.05, 0) is 43.7 Å². The molecule has 171 valence electrons. The second kappa shape index (κ2) is 9.24. The van der Waals surface area contributed by atoms with Crippen LogP contribution < -0.4 is 4.90 Å². The average Bonchev–Trinajstić information content (AvgIpc) is 3.16. The Kier molecular flexibility index (Phi) is 6.59. The number of hydrogen-bond donors (Lipinski definition) is 0. The van der Waals surface area contributed by atoms with Crippen LogP contribution in [0.4, 0.5) is 5.69 Å². The number of fused-ring (bicyclic) bond motifs is 3. The van der Waals surface area contributed by atoms with Crippen molar-refractivity contribution in [3.63, 3.8) is 0 Å². The number of rotatable bonds is 7. The van der Waals surface area contributed by atoms with Crippen molar-refractivity contribution < 1.29 is 9.53 Å². The summed E-state index contributed by atoms with van der Waals surface area (Å²) in [6.07, 6.45) is 7.95. The topological polar surface area (TPSA) is 74.4 Å². The molecule has 2 aliphatic rings. The van der Waals surface area contributed by atoms with Gasteiger partial charge >= 0.3 is 0 Å². The molecule has 8 heteroatoms. The van der Waals surface area contributed by atoms with Gasteiger partial charge in [-0.25, -0.2) is 4.98 Å². The first kappa shape index (κ1) is 22.8. The van der Waals surface area contributed by atoms with E-state index >= 15 is 0 Å². The summed E-state index contributed by atoms with van der Waals surface area (Å²) in [5.74, 6) is 0.386. The Hall–Kier alpha value is -2.37. The predicted molar refractivity (Wildman–Crippen MR) is 129 cm³/mol. The van der Waals surface area contributed by atoms with Crippen molar-refractivity contribution in [2.24, 2.45) is 5.92 Å². The molecular weight excluding hydrogens is 418 g/mol. The fourth-order valence-electron chi connectivity index (χ4n) is 4.69. The maximum absolute atomic E-state index is 13.1. The third kappa shape index (κ3) is 4.69. The molecular formula is C24H34N5O2Si. The molecule has 0 N–H and O–H groups in total. The van der Waals surface area contributed by atoms with Crippen LogP contribution in [-0.2, 0) is 11.5 Å². The largest absolute Gasteiger partial charge is 0.361 e. The molecule has 0 spiro atoms. The monoisotopic (exact) mass is 452 g/mol. The van der Waals surface area contributed by atoms with Crippen LogP contribution in [0.25, 0.3) is 11.0 Å². The van der Waals surface area contributed by atoms with E-state index in [2.05, 4.69) is 48.6 Å². The highest BCUT2D eigenvalue weighted by Gasteiger charge is 2.36. The number of nitriles is 1. The van der Waals surface area contributed by atoms with Gasteiger partial charge in [0.25, 0.3) is 5.91 Å². The molecule has 0 aromatic carbocycles. The van der Waals surface area contributed by atoms with E-state index in [-0.39, 0.29) is 12.5 Å². The van der Waals surface area contributed by atoms with E-state index in [0.29, 0.717) is 30.9 Å². The van der Waals surface area contributed by atoms with E-state index < -0.39 is 8.07 Å². The summed E-state index contributed by atoms with van der Waals surface area (Å²) in [6.45, 7) is 13.0. The molecule has 0 unspecified atom stereocenters. The lowest BCUT2D eigenvalue weighted by molar-refractivity contribution is 0.0754. The average molecular weight is 453 g/mol. The molecule has 1 radical (unpaired) electrons. The summed E-state index contributed by atoms with van der Waals surface area (Å²) in [4.78, 5) is 21.7. The zero-order chi connectivity index (χ0) is 22.9. The number of carbonyl (C=O) groups excluding carboxylic acids is 1. The van der Waals surface area contributed by atoms with Gasteiger partial charge in [0.2, 0.25) is 0 Å². The molecule has 1 aliphatic carbocycles. The lowest BCUT2D eigenvalue weighted by atomic mass is 9.86. The Labute approximate surface area is 192 Å². The molecule has 0 bridgehead atoms. The molecule has 7 nitrogen and oxygen atoms in total. The van der Waals surface area contributed by atoms with Crippen LogP contribution in [0.1, 0.15) is 36.0 Å². The van der Waals surface area contributed by atoms with Gasteiger partial charge in [-0.3, -0.25) is 4.79 Å². The molecule has 3 heterocycles. The second-order valence-electron chi connectivity index (χ2n) is 10.3. The minimum absolute atomic E-state index is 0.0867. The summed E-state index contributed by atoms with van der Waals surface area (Å²) in [5.41, 5.74) is 2.39. The van der Waals surface area contributed by atoms with Crippen molar-refractivity contribution >= 4 is 30.7 Å². The van der Waals surface area contributed by atoms with Crippen molar-refractivity contribution in [1.82, 2.24) is 14.5 Å². The first-order chi connectivity index (χ1) is 15.3. The zero-order valence-corrected chi connectivity index (χ0v) is 20.5. The summed E-state index contributed by atoms with van der Waals surface area (Å²) < 4.78 is 7.98. The van der Waals surface area contributed by atoms with E-state index in [1.54, 1.807) is 11.1 Å². The van der Waals surface area contributed by atoms with Gasteiger partial charge in [0.1, 0.15) is 18.9 Å². The number of ether oxygens (including phenoxy) is 1. The van der Waals surface area contributed by atoms with Crippen LogP contribution in [0.3, 0.4) is 0 Å². The standard InChI is InChI=1S/C24H34N5O2Si/c1-18-5-7-19(8-6-18)29-16-27(12-10-25)24(30)21-15-26-23-20(22(21)29)9-11-28(23)17-31-13-14-32(2,3)4/h9,11,15,18-19H,1,5-8,12-14,16-17H2,2-4H3/t18-,19-. The van der Waals surface area contributed by atoms with Gasteiger partial charge < -0.3 is 19.1 Å². The number of pyridine rings is 1. The number of hydrogen-bond acceptors (Lipinski definition) is 5. The van der Waals surface area contributed by atoms with Crippen LogP contribution in [0, 0.1) is 24.2 Å². The minimum atomic E-state index is -1.13. The summed E-state index contributed by atoms with van der Waals surface area (Å²) in [7, 11) is -1.13. The normalized spacial score (nSPS) is 21.7. The summed E-state index contributed by atoms with van der Waals surface area (Å²) in [6, 6.07) is 5.65. The Morgan fingerprint density at radius 3 is 2.72 bits per heavy atom. The van der Waals surface area contributed by atoms with Gasteiger partial charge in [0.05, 0.1) is 24.0 Å². The van der Waals surface area contributed by atoms with E-state index in [9.17, 15) is 10.1 Å². The Morgan fingerprint density at radius 1 is 1.28 bits per heavy atom. The minimum Gasteiger partial charge on any atom is -0.361 e. The van der Waals surface area contributed by atoms with E-state index in [0.717, 1.165) is 55.1 Å². The van der Waals surface area contributed by atoms with E-state index in [1.165, 1.54) is 0 Å². The first-order valence-electron chi connectivity index (χ1n) is 11.6. The first-order valence-corrected chi connectivity index (χ1v) is 15.3.